The van der Waals surface area contributed by atoms with Crippen LogP contribution in [0.2, 0.25) is 0 Å². The van der Waals surface area contributed by atoms with Gasteiger partial charge in [0.25, 0.3) is 5.91 Å². The Bertz CT molecular complexity index is 1170. The van der Waals surface area contributed by atoms with E-state index in [4.69, 9.17) is 4.74 Å². The summed E-state index contributed by atoms with van der Waals surface area (Å²) in [4.78, 5) is 15.6. The predicted molar refractivity (Wildman–Crippen MR) is 125 cm³/mol. The van der Waals surface area contributed by atoms with Gasteiger partial charge in [-0.05, 0) is 60.9 Å². The molecule has 0 spiro atoms. The number of aromatic nitrogens is 2. The molecule has 2 saturated heterocycles. The van der Waals surface area contributed by atoms with Crippen molar-refractivity contribution >= 4 is 11.6 Å². The number of carbonyl (C=O) groups excluding carboxylic acids is 1. The number of methoxy groups -OCH3 is 1. The first-order chi connectivity index (χ1) is 15.4. The van der Waals surface area contributed by atoms with Crippen LogP contribution in [0, 0.1) is 6.92 Å². The highest BCUT2D eigenvalue weighted by molar-refractivity contribution is 5.97. The summed E-state index contributed by atoms with van der Waals surface area (Å²) in [6.07, 6.45) is 3.79. The Hall–Kier alpha value is -3.32. The van der Waals surface area contributed by atoms with Gasteiger partial charge in [0.15, 0.2) is 0 Å². The van der Waals surface area contributed by atoms with E-state index in [0.29, 0.717) is 12.1 Å². The maximum absolute atomic E-state index is 13.2. The third kappa shape index (κ3) is 3.62. The molecule has 0 aliphatic carbocycles. The molecule has 3 atom stereocenters. The van der Waals surface area contributed by atoms with Gasteiger partial charge in [0.1, 0.15) is 5.75 Å². The normalized spacial score (nSPS) is 20.1. The quantitative estimate of drug-likeness (QED) is 0.628. The summed E-state index contributed by atoms with van der Waals surface area (Å²) in [6, 6.07) is 13.2. The number of hydrogen-bond donors (Lipinski definition) is 2. The number of rotatable bonds is 6. The summed E-state index contributed by atoms with van der Waals surface area (Å²) in [5.41, 5.74) is 5.82. The molecule has 0 radical (unpaired) electrons. The lowest BCUT2D eigenvalue weighted by Gasteiger charge is -2.57. The van der Waals surface area contributed by atoms with E-state index in [1.165, 1.54) is 0 Å². The van der Waals surface area contributed by atoms with E-state index < -0.39 is 0 Å². The largest absolute Gasteiger partial charge is 0.497 e. The van der Waals surface area contributed by atoms with Gasteiger partial charge in [-0.2, -0.15) is 5.10 Å². The molecule has 0 bridgehead atoms. The molecule has 2 aromatic carbocycles. The molecule has 7 nitrogen and oxygen atoms in total. The highest BCUT2D eigenvalue weighted by Gasteiger charge is 2.45. The highest BCUT2D eigenvalue weighted by Crippen LogP contribution is 2.33. The van der Waals surface area contributed by atoms with Crippen LogP contribution < -0.4 is 20.3 Å². The minimum Gasteiger partial charge on any atom is -0.497 e. The standard InChI is InChI=1S/C25H29N5O2/c1-15-5-6-20(30-14-23-24(30)12-26-23)10-22(15)25(31)28-16(2)17-7-18(9-21(8-17)32-4)19-11-27-29(3)13-19/h5-11,13,16,23-24,26H,12,14H2,1-4H3,(H,28,31)/t16?,23?,24-/m1/s1. The number of amides is 1. The third-order valence-electron chi connectivity index (χ3n) is 6.70. The molecule has 3 heterocycles. The van der Waals surface area contributed by atoms with Crippen molar-refractivity contribution in [1.29, 1.82) is 0 Å². The van der Waals surface area contributed by atoms with Crippen LogP contribution in [-0.4, -0.2) is 48.0 Å². The summed E-state index contributed by atoms with van der Waals surface area (Å²) < 4.78 is 7.29. The fraction of sp³-hybridized carbons (Fsp3) is 0.360. The molecule has 32 heavy (non-hydrogen) atoms. The lowest BCUT2D eigenvalue weighted by atomic mass is 9.87. The number of fused-ring (bicyclic) bond motifs is 1. The fourth-order valence-electron chi connectivity index (χ4n) is 4.53. The second-order valence-electron chi connectivity index (χ2n) is 8.83. The van der Waals surface area contributed by atoms with E-state index in [1.54, 1.807) is 11.8 Å². The summed E-state index contributed by atoms with van der Waals surface area (Å²) in [6.45, 7) is 6.01. The topological polar surface area (TPSA) is 71.4 Å². The van der Waals surface area contributed by atoms with Crippen LogP contribution >= 0.6 is 0 Å². The Morgan fingerprint density at radius 2 is 2.09 bits per heavy atom. The van der Waals surface area contributed by atoms with Gasteiger partial charge in [-0.15, -0.1) is 0 Å². The predicted octanol–water partition coefficient (Wildman–Crippen LogP) is 3.06. The maximum atomic E-state index is 13.2. The molecule has 5 rings (SSSR count). The molecule has 7 heteroatoms. The lowest BCUT2D eigenvalue weighted by molar-refractivity contribution is 0.0939. The van der Waals surface area contributed by atoms with Crippen LogP contribution in [0.5, 0.6) is 5.75 Å². The van der Waals surface area contributed by atoms with Gasteiger partial charge in [0.2, 0.25) is 0 Å². The number of piperazine rings is 1. The second-order valence-corrected chi connectivity index (χ2v) is 8.83. The first kappa shape index (κ1) is 20.6. The zero-order valence-corrected chi connectivity index (χ0v) is 18.9. The van der Waals surface area contributed by atoms with Crippen LogP contribution in [0.15, 0.2) is 48.8 Å². The summed E-state index contributed by atoms with van der Waals surface area (Å²) >= 11 is 0. The number of aryl methyl sites for hydroxylation is 2. The molecule has 2 unspecified atom stereocenters. The van der Waals surface area contributed by atoms with Crippen molar-refractivity contribution < 1.29 is 9.53 Å². The number of ether oxygens (including phenoxy) is 1. The Morgan fingerprint density at radius 1 is 1.25 bits per heavy atom. The first-order valence-corrected chi connectivity index (χ1v) is 11.0. The number of anilines is 1. The minimum atomic E-state index is -0.180. The Kier molecular flexibility index (Phi) is 5.13. The van der Waals surface area contributed by atoms with Crippen molar-refractivity contribution in [1.82, 2.24) is 20.4 Å². The zero-order chi connectivity index (χ0) is 22.4. The van der Waals surface area contributed by atoms with E-state index >= 15 is 0 Å². The summed E-state index contributed by atoms with van der Waals surface area (Å²) in [5.74, 6) is 0.688. The molecule has 2 aliphatic rings. The molecule has 2 N–H and O–H groups in total. The molecular weight excluding hydrogens is 402 g/mol. The van der Waals surface area contributed by atoms with Crippen molar-refractivity contribution in [2.24, 2.45) is 7.05 Å². The average Bonchev–Trinajstić information content (AvgIpc) is 3.22. The molecule has 1 aromatic heterocycles. The SMILES string of the molecule is COc1cc(-c2cnn(C)c2)cc(C(C)NC(=O)c2cc(N3CC4NC[C@H]43)ccc2C)c1. The van der Waals surface area contributed by atoms with Gasteiger partial charge in [0, 0.05) is 49.2 Å². The zero-order valence-electron chi connectivity index (χ0n) is 18.9. The van der Waals surface area contributed by atoms with Crippen molar-refractivity contribution in [3.8, 4) is 16.9 Å². The monoisotopic (exact) mass is 431 g/mol. The summed E-state index contributed by atoms with van der Waals surface area (Å²) in [7, 11) is 3.55. The molecule has 0 saturated carbocycles. The molecule has 3 aromatic rings. The van der Waals surface area contributed by atoms with Gasteiger partial charge < -0.3 is 20.3 Å². The number of nitrogens with zero attached hydrogens (tertiary/aromatic N) is 3. The highest BCUT2D eigenvalue weighted by atomic mass is 16.5. The van der Waals surface area contributed by atoms with E-state index in [9.17, 15) is 4.79 Å². The Morgan fingerprint density at radius 3 is 2.72 bits per heavy atom. The maximum Gasteiger partial charge on any atom is 0.252 e. The van der Waals surface area contributed by atoms with Crippen molar-refractivity contribution in [3.05, 3.63) is 65.5 Å². The number of hydrogen-bond acceptors (Lipinski definition) is 5. The Balaban J connectivity index is 1.37. The minimum absolute atomic E-state index is 0.0635. The Labute approximate surface area is 188 Å². The lowest BCUT2D eigenvalue weighted by Crippen LogP contribution is -2.78. The van der Waals surface area contributed by atoms with Gasteiger partial charge in [0.05, 0.1) is 25.4 Å². The number of nitrogens with one attached hydrogen (secondary N) is 2. The molecule has 1 amide bonds. The number of benzene rings is 2. The van der Waals surface area contributed by atoms with Crippen molar-refractivity contribution in [2.45, 2.75) is 32.0 Å². The van der Waals surface area contributed by atoms with Gasteiger partial charge in [-0.25, -0.2) is 0 Å². The van der Waals surface area contributed by atoms with Gasteiger partial charge in [-0.3, -0.25) is 9.48 Å². The average molecular weight is 432 g/mol. The summed E-state index contributed by atoms with van der Waals surface area (Å²) in [5, 5.41) is 10.9. The van der Waals surface area contributed by atoms with Crippen LogP contribution in [-0.2, 0) is 7.05 Å². The van der Waals surface area contributed by atoms with Gasteiger partial charge >= 0.3 is 0 Å². The van der Waals surface area contributed by atoms with Crippen LogP contribution in [0.25, 0.3) is 11.1 Å². The van der Waals surface area contributed by atoms with Gasteiger partial charge in [-0.1, -0.05) is 6.07 Å². The second kappa shape index (κ2) is 7.98. The molecule has 2 aliphatic heterocycles. The third-order valence-corrected chi connectivity index (χ3v) is 6.70. The van der Waals surface area contributed by atoms with Crippen molar-refractivity contribution in [2.75, 3.05) is 25.1 Å². The van der Waals surface area contributed by atoms with Crippen molar-refractivity contribution in [3.63, 3.8) is 0 Å². The smallest absolute Gasteiger partial charge is 0.252 e. The fourth-order valence-corrected chi connectivity index (χ4v) is 4.53. The molecular formula is C25H29N5O2. The van der Waals surface area contributed by atoms with Crippen LogP contribution in [0.4, 0.5) is 5.69 Å². The number of carbonyl (C=O) groups is 1. The van der Waals surface area contributed by atoms with E-state index in [0.717, 1.165) is 52.3 Å². The first-order valence-electron chi connectivity index (χ1n) is 11.0. The van der Waals surface area contributed by atoms with Crippen LogP contribution in [0.3, 0.4) is 0 Å². The van der Waals surface area contributed by atoms with E-state index in [2.05, 4.69) is 32.8 Å². The van der Waals surface area contributed by atoms with E-state index in [-0.39, 0.29) is 11.9 Å². The molecule has 166 valence electrons. The molecule has 2 fully saturated rings. The van der Waals surface area contributed by atoms with E-state index in [1.807, 2.05) is 57.6 Å². The van der Waals surface area contributed by atoms with Crippen LogP contribution in [0.1, 0.15) is 34.5 Å².